The number of anilines is 1. The van der Waals surface area contributed by atoms with Crippen molar-refractivity contribution in [3.63, 3.8) is 0 Å². The fourth-order valence-corrected chi connectivity index (χ4v) is 6.48. The zero-order chi connectivity index (χ0) is 17.0. The maximum atomic E-state index is 12.7. The topological polar surface area (TPSA) is 63.2 Å². The maximum Gasteiger partial charge on any atom is 0.233 e. The molecule has 2 bridgehead atoms. The number of fused-ring (bicyclic) bond motifs is 2. The summed E-state index contributed by atoms with van der Waals surface area (Å²) in [5.41, 5.74) is 0.154. The number of benzene rings is 1. The molecular formula is C17H22ClNO3S. The molecule has 0 aromatic heterocycles. The van der Waals surface area contributed by atoms with E-state index in [2.05, 4.69) is 4.72 Å². The van der Waals surface area contributed by atoms with Crippen LogP contribution in [0.5, 0.6) is 0 Å². The van der Waals surface area contributed by atoms with Gasteiger partial charge in [-0.1, -0.05) is 31.5 Å². The lowest BCUT2D eigenvalue weighted by Gasteiger charge is -2.36. The summed E-state index contributed by atoms with van der Waals surface area (Å²) in [6, 6.07) is 5.12. The molecule has 1 aromatic rings. The first-order chi connectivity index (χ1) is 10.6. The molecule has 2 aliphatic carbocycles. The second-order valence-corrected chi connectivity index (χ2v) is 9.57. The van der Waals surface area contributed by atoms with Crippen LogP contribution in [0.1, 0.15) is 38.7 Å². The first-order valence-electron chi connectivity index (χ1n) is 7.88. The van der Waals surface area contributed by atoms with Crippen LogP contribution in [0.25, 0.3) is 0 Å². The first kappa shape index (κ1) is 16.8. The molecule has 4 nitrogen and oxygen atoms in total. The van der Waals surface area contributed by atoms with Crippen LogP contribution in [0.4, 0.5) is 5.69 Å². The van der Waals surface area contributed by atoms with Crippen LogP contribution >= 0.6 is 11.6 Å². The number of halogens is 1. The minimum Gasteiger partial charge on any atom is -0.299 e. The number of hydrogen-bond acceptors (Lipinski definition) is 3. The maximum absolute atomic E-state index is 12.7. The molecule has 1 N–H and O–H groups in total. The molecule has 2 aliphatic rings. The Bertz CT molecular complexity index is 772. The average molecular weight is 356 g/mol. The van der Waals surface area contributed by atoms with Crippen LogP contribution in [0.2, 0.25) is 5.02 Å². The van der Waals surface area contributed by atoms with Gasteiger partial charge in [0.1, 0.15) is 5.78 Å². The number of hydrogen-bond donors (Lipinski definition) is 1. The number of carbonyl (C=O) groups is 1. The summed E-state index contributed by atoms with van der Waals surface area (Å²) in [6.07, 6.45) is 2.11. The van der Waals surface area contributed by atoms with Gasteiger partial charge in [-0.25, -0.2) is 8.42 Å². The summed E-state index contributed by atoms with van der Waals surface area (Å²) in [4.78, 5) is 12.5. The van der Waals surface area contributed by atoms with Crippen molar-refractivity contribution in [2.24, 2.45) is 16.7 Å². The number of nitrogens with one attached hydrogen (secondary N) is 1. The van der Waals surface area contributed by atoms with E-state index in [1.54, 1.807) is 25.1 Å². The Kier molecular flexibility index (Phi) is 3.80. The normalized spacial score (nSPS) is 29.0. The molecule has 1 aromatic carbocycles. The third-order valence-electron chi connectivity index (χ3n) is 6.11. The molecule has 0 radical (unpaired) electrons. The smallest absolute Gasteiger partial charge is 0.233 e. The van der Waals surface area contributed by atoms with E-state index in [0.717, 1.165) is 6.42 Å². The Morgan fingerprint density at radius 2 is 2.04 bits per heavy atom. The van der Waals surface area contributed by atoms with Gasteiger partial charge in [0.25, 0.3) is 0 Å². The summed E-state index contributed by atoms with van der Waals surface area (Å²) in [7, 11) is -3.63. The van der Waals surface area contributed by atoms with Crippen molar-refractivity contribution in [2.45, 2.75) is 40.0 Å². The van der Waals surface area contributed by atoms with Gasteiger partial charge in [-0.15, -0.1) is 0 Å². The first-order valence-corrected chi connectivity index (χ1v) is 9.91. The van der Waals surface area contributed by atoms with Crippen LogP contribution in [0, 0.1) is 23.7 Å². The van der Waals surface area contributed by atoms with Gasteiger partial charge in [0.15, 0.2) is 0 Å². The molecule has 2 unspecified atom stereocenters. The average Bonchev–Trinajstić information content (AvgIpc) is 2.77. The molecule has 0 spiro atoms. The second kappa shape index (κ2) is 5.21. The van der Waals surface area contributed by atoms with Gasteiger partial charge in [-0.3, -0.25) is 9.52 Å². The van der Waals surface area contributed by atoms with Gasteiger partial charge < -0.3 is 0 Å². The summed E-state index contributed by atoms with van der Waals surface area (Å²) >= 11 is 6.05. The highest BCUT2D eigenvalue weighted by atomic mass is 35.5. The van der Waals surface area contributed by atoms with Crippen molar-refractivity contribution < 1.29 is 13.2 Å². The number of rotatable bonds is 4. The van der Waals surface area contributed by atoms with E-state index in [1.807, 2.05) is 13.8 Å². The SMILES string of the molecule is Cc1c(Cl)cccc1NS(=O)(=O)CC12CCC(CC1=O)C2(C)C. The van der Waals surface area contributed by atoms with Gasteiger partial charge in [-0.2, -0.15) is 0 Å². The molecule has 0 amide bonds. The lowest BCUT2D eigenvalue weighted by Crippen LogP contribution is -2.43. The van der Waals surface area contributed by atoms with Gasteiger partial charge in [0.2, 0.25) is 10.0 Å². The van der Waals surface area contributed by atoms with E-state index in [0.29, 0.717) is 35.0 Å². The Hall–Kier alpha value is -1.07. The number of Topliss-reactive ketones (excluding diaryl/α,β-unsaturated/α-hetero) is 1. The molecule has 0 saturated heterocycles. The number of ketones is 1. The van der Waals surface area contributed by atoms with Crippen LogP contribution in [-0.4, -0.2) is 20.0 Å². The van der Waals surface area contributed by atoms with Crippen molar-refractivity contribution in [1.82, 2.24) is 0 Å². The summed E-state index contributed by atoms with van der Waals surface area (Å²) < 4.78 is 28.1. The van der Waals surface area contributed by atoms with Crippen molar-refractivity contribution >= 4 is 33.1 Å². The molecule has 2 fully saturated rings. The highest BCUT2D eigenvalue weighted by molar-refractivity contribution is 7.92. The zero-order valence-electron chi connectivity index (χ0n) is 13.6. The van der Waals surface area contributed by atoms with Gasteiger partial charge in [0, 0.05) is 11.4 Å². The highest BCUT2D eigenvalue weighted by Gasteiger charge is 2.65. The summed E-state index contributed by atoms with van der Waals surface area (Å²) in [6.45, 7) is 5.85. The van der Waals surface area contributed by atoms with Gasteiger partial charge in [0.05, 0.1) is 16.9 Å². The highest BCUT2D eigenvalue weighted by Crippen LogP contribution is 2.64. The van der Waals surface area contributed by atoms with Crippen LogP contribution in [0.15, 0.2) is 18.2 Å². The lowest BCUT2D eigenvalue weighted by atomic mass is 9.70. The fraction of sp³-hybridized carbons (Fsp3) is 0.588. The quantitative estimate of drug-likeness (QED) is 0.893. The van der Waals surface area contributed by atoms with Crippen molar-refractivity contribution in [3.8, 4) is 0 Å². The molecule has 3 rings (SSSR count). The van der Waals surface area contributed by atoms with Crippen LogP contribution < -0.4 is 4.72 Å². The predicted octanol–water partition coefficient (Wildman–Crippen LogP) is 3.79. The fourth-order valence-electron chi connectivity index (χ4n) is 4.35. The van der Waals surface area contributed by atoms with Crippen molar-refractivity contribution in [1.29, 1.82) is 0 Å². The minimum atomic E-state index is -3.63. The second-order valence-electron chi connectivity index (χ2n) is 7.44. The molecule has 0 heterocycles. The molecule has 2 atom stereocenters. The molecular weight excluding hydrogens is 334 g/mol. The van der Waals surface area contributed by atoms with Crippen molar-refractivity contribution in [3.05, 3.63) is 28.8 Å². The lowest BCUT2D eigenvalue weighted by molar-refractivity contribution is -0.128. The van der Waals surface area contributed by atoms with Gasteiger partial charge >= 0.3 is 0 Å². The van der Waals surface area contributed by atoms with Gasteiger partial charge in [-0.05, 0) is 48.8 Å². The largest absolute Gasteiger partial charge is 0.299 e. The van der Waals surface area contributed by atoms with E-state index < -0.39 is 15.4 Å². The predicted molar refractivity (Wildman–Crippen MR) is 92.2 cm³/mol. The van der Waals surface area contributed by atoms with E-state index >= 15 is 0 Å². The Morgan fingerprint density at radius 1 is 1.35 bits per heavy atom. The Morgan fingerprint density at radius 3 is 2.61 bits per heavy atom. The van der Waals surface area contributed by atoms with Crippen LogP contribution in [-0.2, 0) is 14.8 Å². The Balaban J connectivity index is 1.90. The van der Waals surface area contributed by atoms with Crippen molar-refractivity contribution in [2.75, 3.05) is 10.5 Å². The third kappa shape index (κ3) is 2.49. The van der Waals surface area contributed by atoms with E-state index in [1.165, 1.54) is 0 Å². The van der Waals surface area contributed by atoms with E-state index in [4.69, 9.17) is 11.6 Å². The third-order valence-corrected chi connectivity index (χ3v) is 7.92. The molecule has 126 valence electrons. The molecule has 0 aliphatic heterocycles. The summed E-state index contributed by atoms with van der Waals surface area (Å²) in [5.74, 6) is 0.263. The van der Waals surface area contributed by atoms with Crippen LogP contribution in [0.3, 0.4) is 0 Å². The van der Waals surface area contributed by atoms with E-state index in [-0.39, 0.29) is 17.0 Å². The monoisotopic (exact) mass is 355 g/mol. The molecule has 23 heavy (non-hydrogen) atoms. The Labute approximate surface area is 142 Å². The molecule has 2 saturated carbocycles. The van der Waals surface area contributed by atoms with E-state index in [9.17, 15) is 13.2 Å². The molecule has 6 heteroatoms. The number of carbonyl (C=O) groups excluding carboxylic acids is 1. The zero-order valence-corrected chi connectivity index (χ0v) is 15.2. The summed E-state index contributed by atoms with van der Waals surface area (Å²) in [5, 5.41) is 0.515. The number of sulfonamides is 1. The minimum absolute atomic E-state index is 0.104. The standard InChI is InChI=1S/C17H22ClNO3S/c1-11-13(18)5-4-6-14(11)19-23(21,22)10-17-8-7-12(9-15(17)20)16(17,2)3/h4-6,12,19H,7-10H2,1-3H3.